The van der Waals surface area contributed by atoms with E-state index < -0.39 is 12.0 Å². The van der Waals surface area contributed by atoms with Gasteiger partial charge in [0, 0.05) is 4.88 Å². The normalized spacial score (nSPS) is 23.7. The number of amides is 2. The molecule has 2 aromatic carbocycles. The number of nitrogens with zero attached hydrogens (tertiary/aromatic N) is 2. The molecule has 29 heavy (non-hydrogen) atoms. The Labute approximate surface area is 173 Å². The van der Waals surface area contributed by atoms with Crippen LogP contribution in [0, 0.1) is 19.8 Å². The van der Waals surface area contributed by atoms with Gasteiger partial charge in [-0.2, -0.15) is 0 Å². The Balaban J connectivity index is 1.58. The molecule has 6 heteroatoms. The summed E-state index contributed by atoms with van der Waals surface area (Å²) in [7, 11) is 0. The van der Waals surface area contributed by atoms with Crippen LogP contribution in [0.3, 0.4) is 0 Å². The van der Waals surface area contributed by atoms with Crippen molar-refractivity contribution in [2.45, 2.75) is 26.0 Å². The molecule has 2 saturated heterocycles. The number of hydrogen-bond acceptors (Lipinski definition) is 5. The van der Waals surface area contributed by atoms with Gasteiger partial charge in [-0.25, -0.2) is 9.96 Å². The Morgan fingerprint density at radius 1 is 0.897 bits per heavy atom. The topological polar surface area (TPSA) is 49.9 Å². The van der Waals surface area contributed by atoms with E-state index in [-0.39, 0.29) is 17.9 Å². The lowest BCUT2D eigenvalue weighted by Crippen LogP contribution is -2.37. The van der Waals surface area contributed by atoms with Crippen molar-refractivity contribution in [1.82, 2.24) is 0 Å². The number of para-hydroxylation sites is 1. The van der Waals surface area contributed by atoms with E-state index in [2.05, 4.69) is 0 Å². The summed E-state index contributed by atoms with van der Waals surface area (Å²) in [5, 5.41) is 3.75. The highest BCUT2D eigenvalue weighted by Gasteiger charge is 2.60. The summed E-state index contributed by atoms with van der Waals surface area (Å²) in [5.74, 6) is -1.10. The highest BCUT2D eigenvalue weighted by atomic mass is 32.1. The van der Waals surface area contributed by atoms with Gasteiger partial charge in [0.05, 0.1) is 11.4 Å². The van der Waals surface area contributed by atoms with Crippen LogP contribution in [0.15, 0.2) is 66.0 Å². The molecule has 5 nitrogen and oxygen atoms in total. The Bertz CT molecular complexity index is 1080. The highest BCUT2D eigenvalue weighted by molar-refractivity contribution is 7.10. The second-order valence-electron chi connectivity index (χ2n) is 7.47. The summed E-state index contributed by atoms with van der Waals surface area (Å²) in [4.78, 5) is 35.1. The molecule has 0 bridgehead atoms. The van der Waals surface area contributed by atoms with E-state index in [1.54, 1.807) is 16.4 Å². The molecular formula is C23H20N2O3S. The zero-order chi connectivity index (χ0) is 20.1. The van der Waals surface area contributed by atoms with E-state index in [4.69, 9.17) is 4.84 Å². The molecule has 2 fully saturated rings. The first kappa shape index (κ1) is 18.1. The molecular weight excluding hydrogens is 384 g/mol. The fraction of sp³-hybridized carbons (Fsp3) is 0.217. The largest absolute Gasteiger partial charge is 0.273 e. The van der Waals surface area contributed by atoms with Crippen molar-refractivity contribution in [1.29, 1.82) is 0 Å². The molecule has 0 saturated carbocycles. The lowest BCUT2D eigenvalue weighted by Gasteiger charge is -2.28. The Kier molecular flexibility index (Phi) is 4.26. The molecule has 0 spiro atoms. The minimum atomic E-state index is -0.824. The van der Waals surface area contributed by atoms with E-state index in [1.807, 2.05) is 79.9 Å². The number of rotatable bonds is 3. The average Bonchev–Trinajstić information content (AvgIpc) is 3.41. The third-order valence-electron chi connectivity index (χ3n) is 5.60. The van der Waals surface area contributed by atoms with E-state index in [1.165, 1.54) is 4.90 Å². The molecule has 2 aliphatic rings. The molecule has 0 N–H and O–H groups in total. The molecule has 0 unspecified atom stereocenters. The Morgan fingerprint density at radius 3 is 2.34 bits per heavy atom. The van der Waals surface area contributed by atoms with Crippen LogP contribution in [0.5, 0.6) is 0 Å². The zero-order valence-electron chi connectivity index (χ0n) is 16.1. The van der Waals surface area contributed by atoms with E-state index in [9.17, 15) is 9.59 Å². The molecule has 3 heterocycles. The first-order valence-corrected chi connectivity index (χ1v) is 10.4. The standard InChI is InChI=1S/C23H20N2O3S/c1-14-9-11-16(12-10-14)24-22(26)19-20(18-8-5-13-29-18)25(28-21(19)23(24)27)17-7-4-3-6-15(17)2/h3-13,19-21H,1-2H3/t19-,20-,21+/m0/s1. The van der Waals surface area contributed by atoms with Crippen LogP contribution in [-0.4, -0.2) is 17.9 Å². The quantitative estimate of drug-likeness (QED) is 0.607. The van der Waals surface area contributed by atoms with Crippen molar-refractivity contribution in [2.75, 3.05) is 9.96 Å². The van der Waals surface area contributed by atoms with Gasteiger partial charge in [0.2, 0.25) is 5.91 Å². The van der Waals surface area contributed by atoms with Crippen molar-refractivity contribution >= 4 is 34.5 Å². The summed E-state index contributed by atoms with van der Waals surface area (Å²) in [6, 6.07) is 18.9. The summed E-state index contributed by atoms with van der Waals surface area (Å²) in [6.45, 7) is 3.97. The summed E-state index contributed by atoms with van der Waals surface area (Å²) >= 11 is 1.57. The van der Waals surface area contributed by atoms with E-state index in [0.717, 1.165) is 21.7 Å². The fourth-order valence-corrected chi connectivity index (χ4v) is 4.98. The van der Waals surface area contributed by atoms with Gasteiger partial charge < -0.3 is 0 Å². The molecule has 2 amide bonds. The van der Waals surface area contributed by atoms with Crippen LogP contribution in [0.1, 0.15) is 22.0 Å². The lowest BCUT2D eigenvalue weighted by atomic mass is 9.95. The van der Waals surface area contributed by atoms with Gasteiger partial charge in [0.25, 0.3) is 5.91 Å². The van der Waals surface area contributed by atoms with Crippen LogP contribution in [0.2, 0.25) is 0 Å². The van der Waals surface area contributed by atoms with Crippen LogP contribution in [0.4, 0.5) is 11.4 Å². The molecule has 3 atom stereocenters. The number of fused-ring (bicyclic) bond motifs is 1. The Hall–Kier alpha value is -2.96. The molecule has 5 rings (SSSR count). The van der Waals surface area contributed by atoms with E-state index in [0.29, 0.717) is 5.69 Å². The van der Waals surface area contributed by atoms with Gasteiger partial charge in [-0.1, -0.05) is 42.0 Å². The predicted molar refractivity (Wildman–Crippen MR) is 113 cm³/mol. The maximum Gasteiger partial charge on any atom is 0.266 e. The SMILES string of the molecule is Cc1ccc(N2C(=O)[C@@H]3[C@@H](ON(c4ccccc4C)[C@H]3c3cccs3)C2=O)cc1. The number of anilines is 2. The minimum Gasteiger partial charge on any atom is -0.273 e. The number of carbonyl (C=O) groups excluding carboxylic acids is 2. The second-order valence-corrected chi connectivity index (χ2v) is 8.45. The first-order valence-electron chi connectivity index (χ1n) is 9.56. The maximum atomic E-state index is 13.5. The van der Waals surface area contributed by atoms with Gasteiger partial charge in [0.15, 0.2) is 6.10 Å². The van der Waals surface area contributed by atoms with Gasteiger partial charge in [-0.15, -0.1) is 11.3 Å². The summed E-state index contributed by atoms with van der Waals surface area (Å²) < 4.78 is 0. The molecule has 146 valence electrons. The smallest absolute Gasteiger partial charge is 0.266 e. The molecule has 1 aromatic heterocycles. The number of hydroxylamine groups is 1. The monoisotopic (exact) mass is 404 g/mol. The second kappa shape index (κ2) is 6.83. The highest BCUT2D eigenvalue weighted by Crippen LogP contribution is 2.49. The third-order valence-corrected chi connectivity index (χ3v) is 6.54. The number of aryl methyl sites for hydroxylation is 2. The first-order chi connectivity index (χ1) is 14.1. The van der Waals surface area contributed by atoms with Crippen molar-refractivity contribution < 1.29 is 14.4 Å². The van der Waals surface area contributed by atoms with Crippen molar-refractivity contribution in [3.8, 4) is 0 Å². The number of carbonyl (C=O) groups is 2. The number of hydrogen-bond donors (Lipinski definition) is 0. The zero-order valence-corrected chi connectivity index (χ0v) is 16.9. The van der Waals surface area contributed by atoms with E-state index >= 15 is 0 Å². The third kappa shape index (κ3) is 2.79. The van der Waals surface area contributed by atoms with Crippen LogP contribution in [0.25, 0.3) is 0 Å². The predicted octanol–water partition coefficient (Wildman–Crippen LogP) is 4.42. The van der Waals surface area contributed by atoms with Crippen molar-refractivity contribution in [3.63, 3.8) is 0 Å². The number of imide groups is 1. The lowest BCUT2D eigenvalue weighted by molar-refractivity contribution is -0.126. The minimum absolute atomic E-state index is 0.210. The van der Waals surface area contributed by atoms with Gasteiger partial charge >= 0.3 is 0 Å². The number of benzene rings is 2. The average molecular weight is 404 g/mol. The van der Waals surface area contributed by atoms with Crippen LogP contribution >= 0.6 is 11.3 Å². The van der Waals surface area contributed by atoms with Crippen molar-refractivity contribution in [2.24, 2.45) is 5.92 Å². The molecule has 0 radical (unpaired) electrons. The van der Waals surface area contributed by atoms with Crippen molar-refractivity contribution in [3.05, 3.63) is 82.0 Å². The summed E-state index contributed by atoms with van der Waals surface area (Å²) in [5.41, 5.74) is 3.58. The van der Waals surface area contributed by atoms with Gasteiger partial charge in [-0.05, 0) is 49.1 Å². The van der Waals surface area contributed by atoms with Crippen LogP contribution < -0.4 is 9.96 Å². The molecule has 3 aromatic rings. The number of thiophene rings is 1. The van der Waals surface area contributed by atoms with Gasteiger partial charge in [-0.3, -0.25) is 14.4 Å². The molecule has 0 aliphatic carbocycles. The summed E-state index contributed by atoms with van der Waals surface area (Å²) in [6.07, 6.45) is -0.824. The fourth-order valence-electron chi connectivity index (χ4n) is 4.13. The van der Waals surface area contributed by atoms with Crippen LogP contribution in [-0.2, 0) is 14.4 Å². The van der Waals surface area contributed by atoms with Gasteiger partial charge in [0.1, 0.15) is 12.0 Å². The molecule has 2 aliphatic heterocycles. The Morgan fingerprint density at radius 2 is 1.66 bits per heavy atom. The maximum absolute atomic E-state index is 13.5.